The minimum atomic E-state index is -1.11. The molecule has 0 spiro atoms. The van der Waals surface area contributed by atoms with Gasteiger partial charge in [0.1, 0.15) is 17.3 Å². The Labute approximate surface area is 220 Å². The second-order valence-corrected chi connectivity index (χ2v) is 9.22. The van der Waals surface area contributed by atoms with Crippen molar-refractivity contribution in [3.05, 3.63) is 77.1 Å². The van der Waals surface area contributed by atoms with E-state index in [4.69, 9.17) is 9.84 Å². The number of carboxylic acid groups (broad SMARTS) is 1. The average molecular weight is 538 g/mol. The molecule has 0 radical (unpaired) electrons. The first-order valence-corrected chi connectivity index (χ1v) is 12.4. The molecule has 4 rings (SSSR count). The number of aryl methyl sites for hydroxylation is 1. The Morgan fingerprint density at radius 1 is 1.00 bits per heavy atom. The number of ether oxygens (including phenoxy) is 1. The summed E-state index contributed by atoms with van der Waals surface area (Å²) in [4.78, 5) is 40.0. The van der Waals surface area contributed by atoms with Gasteiger partial charge in [0.25, 0.3) is 5.91 Å². The third kappa shape index (κ3) is 6.95. The van der Waals surface area contributed by atoms with Crippen LogP contribution in [-0.2, 0) is 0 Å². The SMILES string of the molecule is Cc1ccc(F)c(NC(=O)Nc2ccc(Oc3ccnc4cc(C(=O)NCCCNC(=O)O)sc34)cc2)c1. The standard InChI is InChI=1S/C26H24FN5O5S/c1-15-3-8-18(27)19(13-15)32-25(34)31-16-4-6-17(7-5-16)37-21-9-12-28-20-14-22(38-23(20)21)24(33)29-10-2-11-30-26(35)36/h3-9,12-14,30H,2,10-11H2,1H3,(H,29,33)(H,35,36)(H2,31,32,34). The number of aromatic nitrogens is 1. The van der Waals surface area contributed by atoms with E-state index in [-0.39, 0.29) is 18.1 Å². The molecular weight excluding hydrogens is 513 g/mol. The summed E-state index contributed by atoms with van der Waals surface area (Å²) in [7, 11) is 0. The molecule has 0 aliphatic rings. The highest BCUT2D eigenvalue weighted by atomic mass is 32.1. The molecule has 0 saturated carbocycles. The van der Waals surface area contributed by atoms with Gasteiger partial charge in [-0.2, -0.15) is 0 Å². The number of urea groups is 1. The summed E-state index contributed by atoms with van der Waals surface area (Å²) in [5.74, 6) is 0.200. The van der Waals surface area contributed by atoms with Crippen LogP contribution in [0, 0.1) is 12.7 Å². The lowest BCUT2D eigenvalue weighted by Gasteiger charge is -2.10. The van der Waals surface area contributed by atoms with Crippen LogP contribution in [0.2, 0.25) is 0 Å². The lowest BCUT2D eigenvalue weighted by Crippen LogP contribution is -2.28. The van der Waals surface area contributed by atoms with E-state index in [9.17, 15) is 18.8 Å². The molecule has 2 heterocycles. The predicted octanol–water partition coefficient (Wildman–Crippen LogP) is 5.57. The number of amides is 4. The van der Waals surface area contributed by atoms with Crippen molar-refractivity contribution in [2.24, 2.45) is 0 Å². The highest BCUT2D eigenvalue weighted by Crippen LogP contribution is 2.35. The van der Waals surface area contributed by atoms with Crippen LogP contribution in [0.25, 0.3) is 10.2 Å². The molecule has 0 saturated heterocycles. The zero-order chi connectivity index (χ0) is 27.1. The van der Waals surface area contributed by atoms with Gasteiger partial charge in [0.15, 0.2) is 0 Å². The number of halogens is 1. The number of pyridine rings is 1. The second-order valence-electron chi connectivity index (χ2n) is 8.16. The molecule has 2 aromatic carbocycles. The van der Waals surface area contributed by atoms with Crippen molar-refractivity contribution >= 4 is 51.0 Å². The molecule has 38 heavy (non-hydrogen) atoms. The van der Waals surface area contributed by atoms with Gasteiger partial charge in [-0.05, 0) is 61.4 Å². The normalized spacial score (nSPS) is 10.6. The van der Waals surface area contributed by atoms with Crippen molar-refractivity contribution in [3.8, 4) is 11.5 Å². The molecule has 12 heteroatoms. The summed E-state index contributed by atoms with van der Waals surface area (Å²) in [5.41, 5.74) is 1.99. The minimum absolute atomic E-state index is 0.0864. The lowest BCUT2D eigenvalue weighted by molar-refractivity contribution is 0.0957. The largest absolute Gasteiger partial charge is 0.465 e. The minimum Gasteiger partial charge on any atom is -0.465 e. The van der Waals surface area contributed by atoms with Gasteiger partial charge in [-0.25, -0.2) is 14.0 Å². The van der Waals surface area contributed by atoms with E-state index in [0.717, 1.165) is 5.56 Å². The first kappa shape index (κ1) is 26.4. The van der Waals surface area contributed by atoms with Crippen molar-refractivity contribution in [2.75, 3.05) is 23.7 Å². The van der Waals surface area contributed by atoms with E-state index >= 15 is 0 Å². The fourth-order valence-corrected chi connectivity index (χ4v) is 4.41. The summed E-state index contributed by atoms with van der Waals surface area (Å²) < 4.78 is 20.6. The van der Waals surface area contributed by atoms with Crippen LogP contribution >= 0.6 is 11.3 Å². The number of carbonyl (C=O) groups is 3. The van der Waals surface area contributed by atoms with Crippen LogP contribution in [0.1, 0.15) is 21.7 Å². The Balaban J connectivity index is 1.36. The van der Waals surface area contributed by atoms with Gasteiger partial charge in [0, 0.05) is 31.0 Å². The maximum absolute atomic E-state index is 13.9. The van der Waals surface area contributed by atoms with Crippen LogP contribution in [0.3, 0.4) is 0 Å². The number of nitrogens with zero attached hydrogens (tertiary/aromatic N) is 1. The molecular formula is C26H24FN5O5S. The third-order valence-electron chi connectivity index (χ3n) is 5.22. The monoisotopic (exact) mass is 537 g/mol. The number of rotatable bonds is 9. The summed E-state index contributed by atoms with van der Waals surface area (Å²) in [5, 5.41) is 18.7. The summed E-state index contributed by atoms with van der Waals surface area (Å²) >= 11 is 1.23. The summed E-state index contributed by atoms with van der Waals surface area (Å²) in [6.07, 6.45) is 0.935. The van der Waals surface area contributed by atoms with Crippen molar-refractivity contribution < 1.29 is 28.6 Å². The van der Waals surface area contributed by atoms with E-state index in [0.29, 0.717) is 45.2 Å². The van der Waals surface area contributed by atoms with Crippen LogP contribution in [0.15, 0.2) is 60.8 Å². The first-order valence-electron chi connectivity index (χ1n) is 11.5. The zero-order valence-electron chi connectivity index (χ0n) is 20.2. The molecule has 196 valence electrons. The molecule has 0 bridgehead atoms. The molecule has 4 aromatic rings. The van der Waals surface area contributed by atoms with Crippen molar-refractivity contribution in [1.29, 1.82) is 0 Å². The molecule has 4 amide bonds. The molecule has 0 unspecified atom stereocenters. The first-order chi connectivity index (χ1) is 18.3. The number of nitrogens with one attached hydrogen (secondary N) is 4. The van der Waals surface area contributed by atoms with Crippen molar-refractivity contribution in [3.63, 3.8) is 0 Å². The molecule has 10 nitrogen and oxygen atoms in total. The number of fused-ring (bicyclic) bond motifs is 1. The third-order valence-corrected chi connectivity index (χ3v) is 6.36. The van der Waals surface area contributed by atoms with E-state index in [2.05, 4.69) is 26.3 Å². The smallest absolute Gasteiger partial charge is 0.404 e. The molecule has 0 aliphatic heterocycles. The highest BCUT2D eigenvalue weighted by molar-refractivity contribution is 7.21. The van der Waals surface area contributed by atoms with Crippen LogP contribution in [-0.4, -0.2) is 41.2 Å². The van der Waals surface area contributed by atoms with E-state index in [1.807, 2.05) is 0 Å². The molecule has 0 aliphatic carbocycles. The Kier molecular flexibility index (Phi) is 8.34. The van der Waals surface area contributed by atoms with Crippen molar-refractivity contribution in [1.82, 2.24) is 15.6 Å². The number of hydrogen-bond acceptors (Lipinski definition) is 6. The number of thiophene rings is 1. The molecule has 5 N–H and O–H groups in total. The van der Waals surface area contributed by atoms with Crippen molar-refractivity contribution in [2.45, 2.75) is 13.3 Å². The van der Waals surface area contributed by atoms with Gasteiger partial charge in [-0.15, -0.1) is 11.3 Å². The lowest BCUT2D eigenvalue weighted by atomic mass is 10.2. The van der Waals surface area contributed by atoms with Gasteiger partial charge >= 0.3 is 12.1 Å². The van der Waals surface area contributed by atoms with Gasteiger partial charge in [0.05, 0.1) is 20.8 Å². The summed E-state index contributed by atoms with van der Waals surface area (Å²) in [6.45, 7) is 2.36. The number of hydrogen-bond donors (Lipinski definition) is 5. The number of carbonyl (C=O) groups excluding carboxylic acids is 2. The maximum atomic E-state index is 13.9. The van der Waals surface area contributed by atoms with Gasteiger partial charge < -0.3 is 31.1 Å². The Morgan fingerprint density at radius 2 is 1.76 bits per heavy atom. The quantitative estimate of drug-likeness (QED) is 0.177. The maximum Gasteiger partial charge on any atom is 0.404 e. The number of benzene rings is 2. The second kappa shape index (κ2) is 12.0. The Hall–Kier alpha value is -4.71. The fraction of sp³-hybridized carbons (Fsp3) is 0.154. The fourth-order valence-electron chi connectivity index (χ4n) is 3.43. The van der Waals surface area contributed by atoms with E-state index in [1.54, 1.807) is 61.7 Å². The van der Waals surface area contributed by atoms with Gasteiger partial charge in [-0.3, -0.25) is 9.78 Å². The van der Waals surface area contributed by atoms with Gasteiger partial charge in [-0.1, -0.05) is 6.07 Å². The molecule has 0 fully saturated rings. The molecule has 0 atom stereocenters. The van der Waals surface area contributed by atoms with E-state index < -0.39 is 17.9 Å². The van der Waals surface area contributed by atoms with Gasteiger partial charge in [0.2, 0.25) is 0 Å². The Bertz CT molecular complexity index is 1470. The van der Waals surface area contributed by atoms with Crippen LogP contribution in [0.4, 0.5) is 25.4 Å². The molecule has 2 aromatic heterocycles. The zero-order valence-corrected chi connectivity index (χ0v) is 21.0. The number of anilines is 2. The summed E-state index contributed by atoms with van der Waals surface area (Å²) in [6, 6.07) is 13.8. The van der Waals surface area contributed by atoms with E-state index in [1.165, 1.54) is 17.4 Å². The Morgan fingerprint density at radius 3 is 2.53 bits per heavy atom. The van der Waals surface area contributed by atoms with Crippen LogP contribution in [0.5, 0.6) is 11.5 Å². The average Bonchev–Trinajstić information content (AvgIpc) is 3.33. The highest BCUT2D eigenvalue weighted by Gasteiger charge is 2.15. The van der Waals surface area contributed by atoms with Crippen LogP contribution < -0.4 is 26.0 Å². The topological polar surface area (TPSA) is 142 Å². The predicted molar refractivity (Wildman–Crippen MR) is 143 cm³/mol.